The number of halogens is 1. The van der Waals surface area contributed by atoms with E-state index in [-0.39, 0.29) is 18.6 Å². The summed E-state index contributed by atoms with van der Waals surface area (Å²) in [5, 5.41) is 12.7. The number of aliphatic hydroxyl groups excluding tert-OH is 1. The van der Waals surface area contributed by atoms with E-state index in [1.54, 1.807) is 23.1 Å². The first-order chi connectivity index (χ1) is 10.1. The number of rotatable bonds is 4. The summed E-state index contributed by atoms with van der Waals surface area (Å²) in [7, 11) is 0. The molecule has 1 atom stereocenters. The molecule has 0 aliphatic carbocycles. The number of hydrogen-bond donors (Lipinski definition) is 2. The Morgan fingerprint density at radius 3 is 3.10 bits per heavy atom. The van der Waals surface area contributed by atoms with Gasteiger partial charge in [0.2, 0.25) is 0 Å². The number of hydrogen-bond acceptors (Lipinski definition) is 3. The Morgan fingerprint density at radius 2 is 2.38 bits per heavy atom. The number of likely N-dealkylation sites (tertiary alicyclic amines) is 1. The lowest BCUT2D eigenvalue weighted by Gasteiger charge is -2.32. The van der Waals surface area contributed by atoms with E-state index >= 15 is 0 Å². The summed E-state index contributed by atoms with van der Waals surface area (Å²) in [6, 6.07) is 4.97. The number of nitrogens with zero attached hydrogens (tertiary/aromatic N) is 1. The van der Waals surface area contributed by atoms with Crippen LogP contribution in [0.25, 0.3) is 0 Å². The average molecular weight is 313 g/mol. The number of carbonyl (C=O) groups is 1. The van der Waals surface area contributed by atoms with Crippen LogP contribution < -0.4 is 10.1 Å². The lowest BCUT2D eigenvalue weighted by molar-refractivity contribution is 0.136. The zero-order valence-electron chi connectivity index (χ0n) is 12.1. The first-order valence-electron chi connectivity index (χ1n) is 7.23. The average Bonchev–Trinajstić information content (AvgIpc) is 2.50. The van der Waals surface area contributed by atoms with E-state index in [4.69, 9.17) is 16.3 Å². The van der Waals surface area contributed by atoms with Gasteiger partial charge in [0.15, 0.2) is 0 Å². The monoisotopic (exact) mass is 312 g/mol. The lowest BCUT2D eigenvalue weighted by atomic mass is 9.99. The first-order valence-corrected chi connectivity index (χ1v) is 7.61. The van der Waals surface area contributed by atoms with Crippen LogP contribution >= 0.6 is 11.6 Å². The maximum absolute atomic E-state index is 12.3. The summed E-state index contributed by atoms with van der Waals surface area (Å²) in [6.45, 7) is 3.79. The first kappa shape index (κ1) is 15.9. The van der Waals surface area contributed by atoms with Crippen LogP contribution in [-0.4, -0.2) is 42.3 Å². The third-order valence-electron chi connectivity index (χ3n) is 3.55. The van der Waals surface area contributed by atoms with Gasteiger partial charge < -0.3 is 20.1 Å². The number of piperidine rings is 1. The molecule has 1 aliphatic rings. The maximum atomic E-state index is 12.3. The van der Waals surface area contributed by atoms with Crippen LogP contribution in [0.2, 0.25) is 5.02 Å². The summed E-state index contributed by atoms with van der Waals surface area (Å²) in [5.41, 5.74) is 0.609. The summed E-state index contributed by atoms with van der Waals surface area (Å²) in [5.74, 6) is 0.732. The van der Waals surface area contributed by atoms with Crippen LogP contribution in [0.4, 0.5) is 10.5 Å². The molecule has 116 valence electrons. The van der Waals surface area contributed by atoms with Crippen LogP contribution in [-0.2, 0) is 0 Å². The Balaban J connectivity index is 2.05. The van der Waals surface area contributed by atoms with Gasteiger partial charge in [-0.15, -0.1) is 0 Å². The standard InChI is InChI=1S/C15H21ClN2O3/c1-2-21-14-8-12(16)5-6-13(14)17-15(20)18-7-3-4-11(9-18)10-19/h5-6,8,11,19H,2-4,7,9-10H2,1H3,(H,17,20). The van der Waals surface area contributed by atoms with Gasteiger partial charge in [0.1, 0.15) is 5.75 Å². The molecule has 2 amide bonds. The fourth-order valence-corrected chi connectivity index (χ4v) is 2.63. The van der Waals surface area contributed by atoms with Crippen molar-refractivity contribution in [3.05, 3.63) is 23.2 Å². The molecule has 0 radical (unpaired) electrons. The zero-order valence-corrected chi connectivity index (χ0v) is 12.9. The Morgan fingerprint density at radius 1 is 1.57 bits per heavy atom. The predicted molar refractivity (Wildman–Crippen MR) is 83.0 cm³/mol. The molecule has 0 saturated carbocycles. The molecule has 0 aromatic heterocycles. The third-order valence-corrected chi connectivity index (χ3v) is 3.78. The van der Waals surface area contributed by atoms with E-state index in [0.717, 1.165) is 12.8 Å². The van der Waals surface area contributed by atoms with Gasteiger partial charge in [0.25, 0.3) is 0 Å². The van der Waals surface area contributed by atoms with Crippen LogP contribution in [0.15, 0.2) is 18.2 Å². The van der Waals surface area contributed by atoms with Gasteiger partial charge in [-0.3, -0.25) is 0 Å². The van der Waals surface area contributed by atoms with Crippen molar-refractivity contribution in [2.45, 2.75) is 19.8 Å². The number of ether oxygens (including phenoxy) is 1. The molecule has 1 aliphatic heterocycles. The smallest absolute Gasteiger partial charge is 0.321 e. The molecule has 0 bridgehead atoms. The van der Waals surface area contributed by atoms with E-state index in [2.05, 4.69) is 5.32 Å². The van der Waals surface area contributed by atoms with E-state index in [1.807, 2.05) is 6.92 Å². The number of nitrogens with one attached hydrogen (secondary N) is 1. The molecule has 1 saturated heterocycles. The van der Waals surface area contributed by atoms with Crippen molar-refractivity contribution in [3.63, 3.8) is 0 Å². The van der Waals surface area contributed by atoms with Gasteiger partial charge in [0.05, 0.1) is 12.3 Å². The van der Waals surface area contributed by atoms with E-state index in [9.17, 15) is 9.90 Å². The normalized spacial score (nSPS) is 18.4. The zero-order chi connectivity index (χ0) is 15.2. The third kappa shape index (κ3) is 4.25. The number of anilines is 1. The highest BCUT2D eigenvalue weighted by atomic mass is 35.5. The SMILES string of the molecule is CCOc1cc(Cl)ccc1NC(=O)N1CCCC(CO)C1. The minimum atomic E-state index is -0.170. The molecule has 2 N–H and O–H groups in total. The van der Waals surface area contributed by atoms with Crippen LogP contribution in [0.3, 0.4) is 0 Å². The molecule has 1 heterocycles. The highest BCUT2D eigenvalue weighted by Gasteiger charge is 2.23. The fourth-order valence-electron chi connectivity index (χ4n) is 2.47. The quantitative estimate of drug-likeness (QED) is 0.898. The van der Waals surface area contributed by atoms with Gasteiger partial charge in [-0.25, -0.2) is 4.79 Å². The number of urea groups is 1. The number of benzene rings is 1. The summed E-state index contributed by atoms with van der Waals surface area (Å²) in [4.78, 5) is 14.0. The molecule has 21 heavy (non-hydrogen) atoms. The topological polar surface area (TPSA) is 61.8 Å². The number of aliphatic hydroxyl groups is 1. The van der Waals surface area contributed by atoms with Crippen LogP contribution in [0, 0.1) is 5.92 Å². The molecular weight excluding hydrogens is 292 g/mol. The Kier molecular flexibility index (Phi) is 5.70. The molecule has 5 nitrogen and oxygen atoms in total. The molecule has 1 fully saturated rings. The minimum Gasteiger partial charge on any atom is -0.492 e. The van der Waals surface area contributed by atoms with Gasteiger partial charge in [-0.05, 0) is 37.8 Å². The highest BCUT2D eigenvalue weighted by Crippen LogP contribution is 2.29. The van der Waals surface area contributed by atoms with Gasteiger partial charge in [-0.1, -0.05) is 11.6 Å². The van der Waals surface area contributed by atoms with Crippen molar-refractivity contribution in [1.82, 2.24) is 4.90 Å². The van der Waals surface area contributed by atoms with E-state index < -0.39 is 0 Å². The van der Waals surface area contributed by atoms with Gasteiger partial charge >= 0.3 is 6.03 Å². The molecule has 0 spiro atoms. The van der Waals surface area contributed by atoms with Crippen molar-refractivity contribution in [3.8, 4) is 5.75 Å². The summed E-state index contributed by atoms with van der Waals surface area (Å²) < 4.78 is 5.49. The second-order valence-corrected chi connectivity index (χ2v) is 5.58. The summed E-state index contributed by atoms with van der Waals surface area (Å²) in [6.07, 6.45) is 1.88. The molecule has 1 unspecified atom stereocenters. The fraction of sp³-hybridized carbons (Fsp3) is 0.533. The molecule has 1 aromatic rings. The number of carbonyl (C=O) groups excluding carboxylic acids is 1. The maximum Gasteiger partial charge on any atom is 0.321 e. The molecule has 1 aromatic carbocycles. The molecule has 2 rings (SSSR count). The van der Waals surface area contributed by atoms with Crippen LogP contribution in [0.1, 0.15) is 19.8 Å². The van der Waals surface area contributed by atoms with Crippen LogP contribution in [0.5, 0.6) is 5.75 Å². The molecular formula is C15H21ClN2O3. The largest absolute Gasteiger partial charge is 0.492 e. The van der Waals surface area contributed by atoms with Gasteiger partial charge in [0, 0.05) is 30.8 Å². The van der Waals surface area contributed by atoms with Crippen molar-refractivity contribution < 1.29 is 14.6 Å². The van der Waals surface area contributed by atoms with E-state index in [0.29, 0.717) is 36.2 Å². The highest BCUT2D eigenvalue weighted by molar-refractivity contribution is 6.30. The Bertz CT molecular complexity index is 496. The number of amides is 2. The predicted octanol–water partition coefficient (Wildman–Crippen LogP) is 2.97. The molecule has 6 heteroatoms. The Labute approximate surface area is 129 Å². The minimum absolute atomic E-state index is 0.120. The second kappa shape index (κ2) is 7.52. The lowest BCUT2D eigenvalue weighted by Crippen LogP contribution is -2.43. The van der Waals surface area contributed by atoms with Crippen molar-refractivity contribution in [2.75, 3.05) is 31.6 Å². The van der Waals surface area contributed by atoms with E-state index in [1.165, 1.54) is 0 Å². The second-order valence-electron chi connectivity index (χ2n) is 5.14. The summed E-state index contributed by atoms with van der Waals surface area (Å²) >= 11 is 5.94. The van der Waals surface area contributed by atoms with Crippen molar-refractivity contribution in [1.29, 1.82) is 0 Å². The van der Waals surface area contributed by atoms with Crippen molar-refractivity contribution in [2.24, 2.45) is 5.92 Å². The Hall–Kier alpha value is -1.46. The van der Waals surface area contributed by atoms with Gasteiger partial charge in [-0.2, -0.15) is 0 Å². The van der Waals surface area contributed by atoms with Crippen molar-refractivity contribution >= 4 is 23.3 Å².